The van der Waals surface area contributed by atoms with Gasteiger partial charge in [-0.15, -0.1) is 0 Å². The first kappa shape index (κ1) is 13.6. The minimum atomic E-state index is 0.391. The number of aromatic nitrogens is 1. The molecule has 0 radical (unpaired) electrons. The van der Waals surface area contributed by atoms with Crippen LogP contribution in [-0.2, 0) is 6.54 Å². The zero-order valence-electron chi connectivity index (χ0n) is 11.2. The fraction of sp³-hybridized carbons (Fsp3) is 0.643. The maximum Gasteiger partial charge on any atom is 0.128 e. The first-order valence-electron chi connectivity index (χ1n) is 6.70. The maximum absolute atomic E-state index is 6.04. The van der Waals surface area contributed by atoms with Gasteiger partial charge in [-0.1, -0.05) is 18.5 Å². The van der Waals surface area contributed by atoms with Gasteiger partial charge < -0.3 is 10.6 Å². The molecule has 0 amide bonds. The van der Waals surface area contributed by atoms with E-state index in [-0.39, 0.29) is 0 Å². The van der Waals surface area contributed by atoms with E-state index in [4.69, 9.17) is 17.3 Å². The number of nitrogens with zero attached hydrogens (tertiary/aromatic N) is 2. The van der Waals surface area contributed by atoms with Crippen molar-refractivity contribution in [2.75, 3.05) is 11.9 Å². The second-order valence-electron chi connectivity index (χ2n) is 5.33. The van der Waals surface area contributed by atoms with Gasteiger partial charge in [0.1, 0.15) is 5.82 Å². The molecule has 1 saturated carbocycles. The summed E-state index contributed by atoms with van der Waals surface area (Å²) in [4.78, 5) is 6.83. The van der Waals surface area contributed by atoms with Gasteiger partial charge in [-0.05, 0) is 43.7 Å². The highest BCUT2D eigenvalue weighted by molar-refractivity contribution is 6.31. The summed E-state index contributed by atoms with van der Waals surface area (Å²) in [5.41, 5.74) is 6.43. The van der Waals surface area contributed by atoms with Crippen molar-refractivity contribution in [3.63, 3.8) is 0 Å². The third-order valence-electron chi connectivity index (χ3n) is 3.99. The second kappa shape index (κ2) is 5.89. The monoisotopic (exact) mass is 267 g/mol. The van der Waals surface area contributed by atoms with E-state index in [0.717, 1.165) is 17.4 Å². The number of nitrogens with two attached hydrogens (primary N) is 1. The Bertz CT molecular complexity index is 400. The standard InChI is InChI=1S/C14H22ClN3/c1-10-3-5-11(6-4-10)18(2)14-8-7-12(15)13(9-16)17-14/h7-8,10-11H,3-6,9,16H2,1-2H3. The Morgan fingerprint density at radius 3 is 2.61 bits per heavy atom. The Hall–Kier alpha value is -0.800. The Balaban J connectivity index is 2.10. The van der Waals surface area contributed by atoms with Gasteiger partial charge in [0.05, 0.1) is 10.7 Å². The maximum atomic E-state index is 6.04. The fourth-order valence-corrected chi connectivity index (χ4v) is 2.81. The third-order valence-corrected chi connectivity index (χ3v) is 4.34. The number of hydrogen-bond donors (Lipinski definition) is 1. The van der Waals surface area contributed by atoms with E-state index < -0.39 is 0 Å². The lowest BCUT2D eigenvalue weighted by molar-refractivity contribution is 0.340. The number of rotatable bonds is 3. The van der Waals surface area contributed by atoms with Crippen LogP contribution in [0.4, 0.5) is 5.82 Å². The molecule has 18 heavy (non-hydrogen) atoms. The zero-order valence-corrected chi connectivity index (χ0v) is 12.0. The molecular weight excluding hydrogens is 246 g/mol. The summed E-state index contributed by atoms with van der Waals surface area (Å²) in [5.74, 6) is 1.85. The van der Waals surface area contributed by atoms with Gasteiger partial charge in [0.2, 0.25) is 0 Å². The summed E-state index contributed by atoms with van der Waals surface area (Å²) < 4.78 is 0. The molecule has 0 aliphatic heterocycles. The largest absolute Gasteiger partial charge is 0.357 e. The number of halogens is 1. The zero-order chi connectivity index (χ0) is 13.1. The molecule has 4 heteroatoms. The van der Waals surface area contributed by atoms with Crippen LogP contribution in [0.15, 0.2) is 12.1 Å². The van der Waals surface area contributed by atoms with E-state index in [1.54, 1.807) is 0 Å². The normalized spacial score (nSPS) is 24.0. The van der Waals surface area contributed by atoms with Crippen molar-refractivity contribution in [2.45, 2.75) is 45.2 Å². The van der Waals surface area contributed by atoms with Crippen molar-refractivity contribution in [3.8, 4) is 0 Å². The van der Waals surface area contributed by atoms with E-state index in [1.165, 1.54) is 25.7 Å². The Morgan fingerprint density at radius 2 is 2.00 bits per heavy atom. The molecule has 1 aliphatic rings. The minimum Gasteiger partial charge on any atom is -0.357 e. The van der Waals surface area contributed by atoms with E-state index in [1.807, 2.05) is 12.1 Å². The molecule has 2 N–H and O–H groups in total. The van der Waals surface area contributed by atoms with Crippen LogP contribution in [0.2, 0.25) is 5.02 Å². The van der Waals surface area contributed by atoms with Gasteiger partial charge in [0, 0.05) is 19.6 Å². The molecule has 0 atom stereocenters. The summed E-state index contributed by atoms with van der Waals surface area (Å²) in [6.45, 7) is 2.73. The van der Waals surface area contributed by atoms with Crippen molar-refractivity contribution in [1.29, 1.82) is 0 Å². The van der Waals surface area contributed by atoms with Gasteiger partial charge in [-0.25, -0.2) is 4.98 Å². The summed E-state index contributed by atoms with van der Waals surface area (Å²) in [7, 11) is 2.12. The van der Waals surface area contributed by atoms with Crippen LogP contribution < -0.4 is 10.6 Å². The summed E-state index contributed by atoms with van der Waals surface area (Å²) in [5, 5.41) is 0.659. The minimum absolute atomic E-state index is 0.391. The first-order valence-corrected chi connectivity index (χ1v) is 7.08. The Kier molecular flexibility index (Phi) is 4.46. The molecule has 0 bridgehead atoms. The highest BCUT2D eigenvalue weighted by Gasteiger charge is 2.22. The topological polar surface area (TPSA) is 42.1 Å². The van der Waals surface area contributed by atoms with Crippen LogP contribution in [0.3, 0.4) is 0 Å². The predicted molar refractivity (Wildman–Crippen MR) is 77.0 cm³/mol. The predicted octanol–water partition coefficient (Wildman–Crippen LogP) is 3.21. The summed E-state index contributed by atoms with van der Waals surface area (Å²) in [6.07, 6.45) is 5.12. The summed E-state index contributed by atoms with van der Waals surface area (Å²) >= 11 is 6.04. The van der Waals surface area contributed by atoms with E-state index in [0.29, 0.717) is 17.6 Å². The van der Waals surface area contributed by atoms with E-state index >= 15 is 0 Å². The smallest absolute Gasteiger partial charge is 0.128 e. The van der Waals surface area contributed by atoms with Crippen LogP contribution in [0.5, 0.6) is 0 Å². The van der Waals surface area contributed by atoms with E-state index in [9.17, 15) is 0 Å². The van der Waals surface area contributed by atoms with Gasteiger partial charge in [0.25, 0.3) is 0 Å². The number of hydrogen-bond acceptors (Lipinski definition) is 3. The molecule has 100 valence electrons. The van der Waals surface area contributed by atoms with Crippen LogP contribution in [0.1, 0.15) is 38.3 Å². The molecule has 2 rings (SSSR count). The first-order chi connectivity index (χ1) is 8.61. The molecule has 0 saturated heterocycles. The SMILES string of the molecule is CC1CCC(N(C)c2ccc(Cl)c(CN)n2)CC1. The van der Waals surface area contributed by atoms with Gasteiger partial charge >= 0.3 is 0 Å². The number of anilines is 1. The molecule has 1 aliphatic carbocycles. The van der Waals surface area contributed by atoms with E-state index in [2.05, 4.69) is 23.9 Å². The number of pyridine rings is 1. The average molecular weight is 268 g/mol. The van der Waals surface area contributed by atoms with Crippen molar-refractivity contribution < 1.29 is 0 Å². The van der Waals surface area contributed by atoms with Crippen LogP contribution in [0, 0.1) is 5.92 Å². The van der Waals surface area contributed by atoms with Gasteiger partial charge in [-0.3, -0.25) is 0 Å². The summed E-state index contributed by atoms with van der Waals surface area (Å²) in [6, 6.07) is 4.48. The second-order valence-corrected chi connectivity index (χ2v) is 5.73. The molecular formula is C14H22ClN3. The lowest BCUT2D eigenvalue weighted by Crippen LogP contribution is -2.35. The van der Waals surface area contributed by atoms with Crippen LogP contribution in [0.25, 0.3) is 0 Å². The lowest BCUT2D eigenvalue weighted by atomic mass is 9.87. The van der Waals surface area contributed by atoms with Crippen molar-refractivity contribution >= 4 is 17.4 Å². The van der Waals surface area contributed by atoms with Crippen LogP contribution >= 0.6 is 11.6 Å². The van der Waals surface area contributed by atoms with Crippen LogP contribution in [-0.4, -0.2) is 18.1 Å². The van der Waals surface area contributed by atoms with Crippen molar-refractivity contribution in [3.05, 3.63) is 22.8 Å². The molecule has 0 spiro atoms. The highest BCUT2D eigenvalue weighted by Crippen LogP contribution is 2.29. The van der Waals surface area contributed by atoms with Crippen molar-refractivity contribution in [1.82, 2.24) is 4.98 Å². The molecule has 1 aromatic heterocycles. The molecule has 3 nitrogen and oxygen atoms in total. The third kappa shape index (κ3) is 2.96. The molecule has 1 heterocycles. The average Bonchev–Trinajstić information content (AvgIpc) is 2.39. The molecule has 1 aromatic rings. The molecule has 0 unspecified atom stereocenters. The molecule has 1 fully saturated rings. The van der Waals surface area contributed by atoms with Gasteiger partial charge in [0.15, 0.2) is 0 Å². The lowest BCUT2D eigenvalue weighted by Gasteiger charge is -2.34. The molecule has 0 aromatic carbocycles. The fourth-order valence-electron chi connectivity index (χ4n) is 2.63. The van der Waals surface area contributed by atoms with Crippen molar-refractivity contribution in [2.24, 2.45) is 11.7 Å². The Labute approximate surface area is 114 Å². The quantitative estimate of drug-likeness (QED) is 0.914. The highest BCUT2D eigenvalue weighted by atomic mass is 35.5. The van der Waals surface area contributed by atoms with Gasteiger partial charge in [-0.2, -0.15) is 0 Å². The Morgan fingerprint density at radius 1 is 1.33 bits per heavy atom.